The average molecular weight is 285 g/mol. The second-order valence-electron chi connectivity index (χ2n) is 3.57. The highest BCUT2D eigenvalue weighted by atomic mass is 32.2. The third-order valence-corrected chi connectivity index (χ3v) is 4.67. The summed E-state index contributed by atoms with van der Waals surface area (Å²) in [4.78, 5) is 18.1. The minimum atomic E-state index is -3.61. The molecule has 0 amide bonds. The van der Waals surface area contributed by atoms with Gasteiger partial charge in [-0.3, -0.25) is 4.79 Å². The molecule has 0 fully saturated rings. The van der Waals surface area contributed by atoms with E-state index in [0.717, 1.165) is 10.6 Å². The molecule has 0 atom stereocenters. The van der Waals surface area contributed by atoms with Gasteiger partial charge < -0.3 is 4.98 Å². The maximum Gasteiger partial charge on any atom is 0.247 e. The monoisotopic (exact) mass is 285 g/mol. The summed E-state index contributed by atoms with van der Waals surface area (Å²) in [6, 6.07) is 2.44. The van der Waals surface area contributed by atoms with E-state index in [1.54, 1.807) is 5.51 Å². The first-order valence-electron chi connectivity index (χ1n) is 5.06. The first kappa shape index (κ1) is 12.9. The molecule has 0 saturated carbocycles. The molecule has 0 aliphatic carbocycles. The highest BCUT2D eigenvalue weighted by molar-refractivity contribution is 7.89. The summed E-state index contributed by atoms with van der Waals surface area (Å²) in [6.45, 7) is 2.01. The van der Waals surface area contributed by atoms with Gasteiger partial charge in [0.2, 0.25) is 15.6 Å². The van der Waals surface area contributed by atoms with Crippen molar-refractivity contribution in [2.24, 2.45) is 0 Å². The van der Waals surface area contributed by atoms with Gasteiger partial charge >= 0.3 is 0 Å². The Bertz CT molecular complexity index is 683. The number of aryl methyl sites for hydroxylation is 1. The SMILES string of the molecule is Cc1ncsc1CNS(=O)(=O)c1ccc(=O)[nH]c1. The second-order valence-corrected chi connectivity index (χ2v) is 6.28. The number of aromatic amines is 1. The van der Waals surface area contributed by atoms with E-state index in [2.05, 4.69) is 14.7 Å². The van der Waals surface area contributed by atoms with E-state index < -0.39 is 10.0 Å². The minimum Gasteiger partial charge on any atom is -0.328 e. The van der Waals surface area contributed by atoms with Crippen molar-refractivity contribution in [3.8, 4) is 0 Å². The molecule has 0 spiro atoms. The van der Waals surface area contributed by atoms with Crippen LogP contribution in [0.5, 0.6) is 0 Å². The molecule has 2 heterocycles. The zero-order chi connectivity index (χ0) is 13.2. The van der Waals surface area contributed by atoms with Crippen LogP contribution >= 0.6 is 11.3 Å². The molecule has 2 N–H and O–H groups in total. The highest BCUT2D eigenvalue weighted by Crippen LogP contribution is 2.13. The van der Waals surface area contributed by atoms with Crippen LogP contribution < -0.4 is 10.3 Å². The molecule has 18 heavy (non-hydrogen) atoms. The zero-order valence-corrected chi connectivity index (χ0v) is 11.1. The standard InChI is InChI=1S/C10H11N3O3S2/c1-7-9(17-6-12-7)5-13-18(15,16)8-2-3-10(14)11-4-8/h2-4,6,13H,5H2,1H3,(H,11,14). The predicted molar refractivity (Wildman–Crippen MR) is 67.9 cm³/mol. The van der Waals surface area contributed by atoms with Crippen LogP contribution in [0.4, 0.5) is 0 Å². The summed E-state index contributed by atoms with van der Waals surface area (Å²) in [5.41, 5.74) is 2.13. The number of pyridine rings is 1. The summed E-state index contributed by atoms with van der Waals surface area (Å²) < 4.78 is 26.3. The summed E-state index contributed by atoms with van der Waals surface area (Å²) >= 11 is 1.39. The van der Waals surface area contributed by atoms with Crippen LogP contribution in [0.1, 0.15) is 10.6 Å². The number of thiazole rings is 1. The molecule has 96 valence electrons. The van der Waals surface area contributed by atoms with Crippen LogP contribution in [0.2, 0.25) is 0 Å². The Morgan fingerprint density at radius 1 is 1.44 bits per heavy atom. The van der Waals surface area contributed by atoms with Crippen LogP contribution in [0.25, 0.3) is 0 Å². The van der Waals surface area contributed by atoms with Gasteiger partial charge in [0.25, 0.3) is 0 Å². The fraction of sp³-hybridized carbons (Fsp3) is 0.200. The quantitative estimate of drug-likeness (QED) is 0.861. The van der Waals surface area contributed by atoms with Crippen LogP contribution in [-0.4, -0.2) is 18.4 Å². The zero-order valence-electron chi connectivity index (χ0n) is 9.50. The molecule has 8 heteroatoms. The number of hydrogen-bond acceptors (Lipinski definition) is 5. The van der Waals surface area contributed by atoms with Crippen molar-refractivity contribution in [1.29, 1.82) is 0 Å². The second kappa shape index (κ2) is 5.01. The smallest absolute Gasteiger partial charge is 0.247 e. The Hall–Kier alpha value is -1.51. The van der Waals surface area contributed by atoms with Crippen LogP contribution in [0.3, 0.4) is 0 Å². The molecule has 2 rings (SSSR count). The van der Waals surface area contributed by atoms with Gasteiger partial charge in [0.15, 0.2) is 0 Å². The Morgan fingerprint density at radius 2 is 2.22 bits per heavy atom. The van der Waals surface area contributed by atoms with Crippen molar-refractivity contribution >= 4 is 21.4 Å². The van der Waals surface area contributed by atoms with E-state index in [4.69, 9.17) is 0 Å². The number of hydrogen-bond donors (Lipinski definition) is 2. The van der Waals surface area contributed by atoms with Gasteiger partial charge in [-0.2, -0.15) is 0 Å². The van der Waals surface area contributed by atoms with Gasteiger partial charge in [0.1, 0.15) is 0 Å². The van der Waals surface area contributed by atoms with E-state index in [9.17, 15) is 13.2 Å². The van der Waals surface area contributed by atoms with Crippen LogP contribution in [-0.2, 0) is 16.6 Å². The number of nitrogens with zero attached hydrogens (tertiary/aromatic N) is 1. The normalized spacial score (nSPS) is 11.6. The molecule has 2 aromatic heterocycles. The van der Waals surface area contributed by atoms with Gasteiger partial charge in [-0.15, -0.1) is 11.3 Å². The molecule has 2 aromatic rings. The molecule has 0 bridgehead atoms. The van der Waals surface area contributed by atoms with Gasteiger partial charge in [0, 0.05) is 23.7 Å². The molecule has 0 aliphatic rings. The van der Waals surface area contributed by atoms with Crippen molar-refractivity contribution in [3.63, 3.8) is 0 Å². The molecular formula is C10H11N3O3S2. The fourth-order valence-corrected chi connectivity index (χ4v) is 3.07. The third kappa shape index (κ3) is 2.84. The Balaban J connectivity index is 2.15. The molecule has 0 saturated heterocycles. The number of H-pyrrole nitrogens is 1. The molecule has 0 radical (unpaired) electrons. The summed E-state index contributed by atoms with van der Waals surface area (Å²) in [5.74, 6) is 0. The van der Waals surface area contributed by atoms with Crippen LogP contribution in [0, 0.1) is 6.92 Å². The molecule has 0 aliphatic heterocycles. The molecule has 0 unspecified atom stereocenters. The maximum atomic E-state index is 11.9. The van der Waals surface area contributed by atoms with E-state index >= 15 is 0 Å². The fourth-order valence-electron chi connectivity index (χ4n) is 1.30. The highest BCUT2D eigenvalue weighted by Gasteiger charge is 2.14. The molecule has 0 aromatic carbocycles. The van der Waals surface area contributed by atoms with Crippen molar-refractivity contribution in [1.82, 2.24) is 14.7 Å². The van der Waals surface area contributed by atoms with Gasteiger partial charge in [-0.05, 0) is 13.0 Å². The lowest BCUT2D eigenvalue weighted by Crippen LogP contribution is -2.24. The Kier molecular flexibility index (Phi) is 3.60. The number of nitrogens with one attached hydrogen (secondary N) is 2. The number of aromatic nitrogens is 2. The van der Waals surface area contributed by atoms with Gasteiger partial charge in [-0.25, -0.2) is 18.1 Å². The predicted octanol–water partition coefficient (Wildman–Crippen LogP) is 0.618. The minimum absolute atomic E-state index is 0.0317. The Labute approximate surface area is 108 Å². The molecular weight excluding hydrogens is 274 g/mol. The topological polar surface area (TPSA) is 91.9 Å². The van der Waals surface area contributed by atoms with Crippen molar-refractivity contribution in [2.75, 3.05) is 0 Å². The first-order chi connectivity index (χ1) is 8.49. The lowest BCUT2D eigenvalue weighted by Gasteiger charge is -2.05. The average Bonchev–Trinajstić information content (AvgIpc) is 2.73. The number of rotatable bonds is 4. The van der Waals surface area contributed by atoms with Gasteiger partial charge in [-0.1, -0.05) is 0 Å². The van der Waals surface area contributed by atoms with E-state index in [1.807, 2.05) is 6.92 Å². The van der Waals surface area contributed by atoms with E-state index in [-0.39, 0.29) is 17.0 Å². The lowest BCUT2D eigenvalue weighted by atomic mass is 10.4. The van der Waals surface area contributed by atoms with Crippen molar-refractivity contribution < 1.29 is 8.42 Å². The van der Waals surface area contributed by atoms with Crippen molar-refractivity contribution in [3.05, 3.63) is 44.8 Å². The van der Waals surface area contributed by atoms with Gasteiger partial charge in [0.05, 0.1) is 16.1 Å². The Morgan fingerprint density at radius 3 is 2.78 bits per heavy atom. The van der Waals surface area contributed by atoms with E-state index in [1.165, 1.54) is 29.7 Å². The first-order valence-corrected chi connectivity index (χ1v) is 7.43. The summed E-state index contributed by atoms with van der Waals surface area (Å²) in [7, 11) is -3.61. The summed E-state index contributed by atoms with van der Waals surface area (Å²) in [6.07, 6.45) is 1.17. The number of sulfonamides is 1. The summed E-state index contributed by atoms with van der Waals surface area (Å²) in [5, 5.41) is 0. The molecule has 6 nitrogen and oxygen atoms in total. The third-order valence-electron chi connectivity index (χ3n) is 2.33. The maximum absolute atomic E-state index is 11.9. The van der Waals surface area contributed by atoms with E-state index in [0.29, 0.717) is 0 Å². The lowest BCUT2D eigenvalue weighted by molar-refractivity contribution is 0.581. The van der Waals surface area contributed by atoms with Crippen LogP contribution in [0.15, 0.2) is 33.5 Å². The van der Waals surface area contributed by atoms with Crippen molar-refractivity contribution in [2.45, 2.75) is 18.4 Å². The largest absolute Gasteiger partial charge is 0.328 e.